The van der Waals surface area contributed by atoms with E-state index in [-0.39, 0.29) is 43.5 Å². The molecule has 0 aliphatic carbocycles. The van der Waals surface area contributed by atoms with Gasteiger partial charge < -0.3 is 10.2 Å². The normalized spacial score (nSPS) is 17.8. The summed E-state index contributed by atoms with van der Waals surface area (Å²) < 4.78 is 0. The summed E-state index contributed by atoms with van der Waals surface area (Å²) in [5, 5.41) is 17.6. The van der Waals surface area contributed by atoms with Crippen LogP contribution in [0.4, 0.5) is 0 Å². The van der Waals surface area contributed by atoms with Crippen molar-refractivity contribution >= 4 is 35.6 Å². The molecular weight excluding hydrogens is 438 g/mol. The molecule has 0 bridgehead atoms. The molecule has 29 heavy (non-hydrogen) atoms. The Bertz CT molecular complexity index is 736. The Morgan fingerprint density at radius 2 is 1.07 bits per heavy atom. The maximum atomic E-state index is 11.4. The van der Waals surface area contributed by atoms with Crippen LogP contribution in [0.5, 0.6) is 0 Å². The Kier molecular flexibility index (Phi) is 9.76. The van der Waals surface area contributed by atoms with Gasteiger partial charge in [0.05, 0.1) is 0 Å². The van der Waals surface area contributed by atoms with Crippen LogP contribution in [0, 0.1) is 0 Å². The molecule has 0 fully saturated rings. The van der Waals surface area contributed by atoms with Gasteiger partial charge in [0, 0.05) is 42.8 Å². The maximum Gasteiger partial charge on any atom is 0.326 e. The Balaban J connectivity index is 0.000000523. The first kappa shape index (κ1) is 26.3. The minimum atomic E-state index is -1.16. The maximum absolute atomic E-state index is 11.4. The average molecular weight is 460 g/mol. The molecule has 2 atom stereocenters. The second kappa shape index (κ2) is 10.8. The van der Waals surface area contributed by atoms with Crippen LogP contribution in [-0.4, -0.2) is 67.7 Å². The summed E-state index contributed by atoms with van der Waals surface area (Å²) >= 11 is 0. The summed E-state index contributed by atoms with van der Waals surface area (Å²) in [5.41, 5.74) is 0.574. The van der Waals surface area contributed by atoms with Crippen molar-refractivity contribution < 1.29 is 58.5 Å². The molecule has 2 aliphatic heterocycles. The molecule has 0 aromatic rings. The number of carbonyl (C=O) groups is 6. The van der Waals surface area contributed by atoms with Gasteiger partial charge in [-0.3, -0.25) is 29.0 Å². The SMILES string of the molecule is CCC(C(=O)O)N1C(=O)C=C(C)C1=O.CCC(C(=O)O)N1C(=O)C=C(C)C1=O.[Zn]. The van der Waals surface area contributed by atoms with Gasteiger partial charge in [-0.15, -0.1) is 0 Å². The zero-order chi connectivity index (χ0) is 21.8. The molecule has 4 amide bonds. The molecule has 2 rings (SSSR count). The van der Waals surface area contributed by atoms with Gasteiger partial charge in [-0.2, -0.15) is 0 Å². The van der Waals surface area contributed by atoms with E-state index in [4.69, 9.17) is 10.2 Å². The minimum absolute atomic E-state index is 0. The molecule has 0 aromatic heterocycles. The molecule has 0 aromatic carbocycles. The Labute approximate surface area is 180 Å². The smallest absolute Gasteiger partial charge is 0.326 e. The van der Waals surface area contributed by atoms with Crippen LogP contribution in [0.1, 0.15) is 40.5 Å². The summed E-state index contributed by atoms with van der Waals surface area (Å²) in [7, 11) is 0. The fourth-order valence-corrected chi connectivity index (χ4v) is 2.74. The van der Waals surface area contributed by atoms with E-state index in [1.807, 2.05) is 0 Å². The van der Waals surface area contributed by atoms with E-state index in [1.54, 1.807) is 13.8 Å². The second-order valence-electron chi connectivity index (χ2n) is 6.21. The monoisotopic (exact) mass is 458 g/mol. The minimum Gasteiger partial charge on any atom is -0.480 e. The third-order valence-electron chi connectivity index (χ3n) is 4.23. The number of carbonyl (C=O) groups excluding carboxylic acids is 4. The van der Waals surface area contributed by atoms with Gasteiger partial charge in [-0.05, 0) is 26.7 Å². The molecule has 2 unspecified atom stereocenters. The zero-order valence-corrected chi connectivity index (χ0v) is 19.6. The summed E-state index contributed by atoms with van der Waals surface area (Å²) in [6.45, 7) is 6.23. The third kappa shape index (κ3) is 5.66. The number of aliphatic carboxylic acids is 2. The van der Waals surface area contributed by atoms with Crippen LogP contribution in [-0.2, 0) is 48.2 Å². The largest absolute Gasteiger partial charge is 0.480 e. The van der Waals surface area contributed by atoms with Gasteiger partial charge in [0.1, 0.15) is 12.1 Å². The van der Waals surface area contributed by atoms with Crippen LogP contribution in [0.3, 0.4) is 0 Å². The van der Waals surface area contributed by atoms with Crippen LogP contribution in [0.15, 0.2) is 23.3 Å². The van der Waals surface area contributed by atoms with Gasteiger partial charge in [-0.1, -0.05) is 13.8 Å². The number of amides is 4. The Morgan fingerprint density at radius 1 is 0.793 bits per heavy atom. The summed E-state index contributed by atoms with van der Waals surface area (Å²) in [5.74, 6) is -4.41. The Morgan fingerprint density at radius 3 is 1.21 bits per heavy atom. The Hall–Kier alpha value is -2.68. The van der Waals surface area contributed by atoms with E-state index in [0.717, 1.165) is 22.0 Å². The van der Waals surface area contributed by atoms with Crippen LogP contribution in [0.2, 0.25) is 0 Å². The van der Waals surface area contributed by atoms with Crippen molar-refractivity contribution in [3.8, 4) is 0 Å². The molecular formula is C18H22N2O8Zn. The van der Waals surface area contributed by atoms with E-state index in [9.17, 15) is 28.8 Å². The third-order valence-corrected chi connectivity index (χ3v) is 4.23. The van der Waals surface area contributed by atoms with Gasteiger partial charge in [-0.25, -0.2) is 9.59 Å². The van der Waals surface area contributed by atoms with Gasteiger partial charge in [0.25, 0.3) is 23.6 Å². The van der Waals surface area contributed by atoms with Crippen molar-refractivity contribution in [2.75, 3.05) is 0 Å². The molecule has 0 saturated heterocycles. The van der Waals surface area contributed by atoms with Crippen molar-refractivity contribution in [3.05, 3.63) is 23.3 Å². The van der Waals surface area contributed by atoms with Gasteiger partial charge in [0.2, 0.25) is 0 Å². The van der Waals surface area contributed by atoms with Crippen molar-refractivity contribution in [1.82, 2.24) is 9.80 Å². The van der Waals surface area contributed by atoms with E-state index in [2.05, 4.69) is 0 Å². The van der Waals surface area contributed by atoms with Crippen molar-refractivity contribution in [1.29, 1.82) is 0 Å². The molecule has 0 radical (unpaired) electrons. The number of carboxylic acid groups (broad SMARTS) is 2. The molecule has 0 spiro atoms. The number of hydrogen-bond donors (Lipinski definition) is 2. The molecule has 2 N–H and O–H groups in total. The predicted octanol–water partition coefficient (Wildman–Crippen LogP) is 0.327. The van der Waals surface area contributed by atoms with Crippen molar-refractivity contribution in [2.45, 2.75) is 52.6 Å². The first-order valence-electron chi connectivity index (χ1n) is 8.55. The van der Waals surface area contributed by atoms with Gasteiger partial charge in [0.15, 0.2) is 0 Å². The fraction of sp³-hybridized carbons (Fsp3) is 0.444. The van der Waals surface area contributed by atoms with E-state index >= 15 is 0 Å². The molecule has 11 heteroatoms. The summed E-state index contributed by atoms with van der Waals surface area (Å²) in [4.78, 5) is 68.4. The molecule has 154 valence electrons. The fourth-order valence-electron chi connectivity index (χ4n) is 2.74. The standard InChI is InChI=1S/2C9H11NO4.Zn/c2*1-3-6(9(13)14)10-7(11)4-5(2)8(10)12;/h2*4,6H,3H2,1-2H3,(H,13,14);. The van der Waals surface area contributed by atoms with Crippen molar-refractivity contribution in [2.24, 2.45) is 0 Å². The average Bonchev–Trinajstić information content (AvgIpc) is 2.99. The molecule has 2 heterocycles. The van der Waals surface area contributed by atoms with Crippen molar-refractivity contribution in [3.63, 3.8) is 0 Å². The molecule has 2 aliphatic rings. The number of rotatable bonds is 6. The number of carboxylic acids is 2. The van der Waals surface area contributed by atoms with E-state index < -0.39 is 47.7 Å². The first-order valence-corrected chi connectivity index (χ1v) is 8.55. The first-order chi connectivity index (χ1) is 13.0. The molecule has 10 nitrogen and oxygen atoms in total. The summed E-state index contributed by atoms with van der Waals surface area (Å²) in [6, 6.07) is -2.10. The van der Waals surface area contributed by atoms with Crippen LogP contribution < -0.4 is 0 Å². The predicted molar refractivity (Wildman–Crippen MR) is 94.6 cm³/mol. The zero-order valence-electron chi connectivity index (χ0n) is 16.7. The summed E-state index contributed by atoms with van der Waals surface area (Å²) in [6.07, 6.45) is 2.75. The van der Waals surface area contributed by atoms with Gasteiger partial charge >= 0.3 is 11.9 Å². The number of hydrogen-bond acceptors (Lipinski definition) is 6. The van der Waals surface area contributed by atoms with Crippen LogP contribution >= 0.6 is 0 Å². The quantitative estimate of drug-likeness (QED) is 0.426. The van der Waals surface area contributed by atoms with Crippen LogP contribution in [0.25, 0.3) is 0 Å². The van der Waals surface area contributed by atoms with E-state index in [0.29, 0.717) is 0 Å². The molecule has 0 saturated carbocycles. The van der Waals surface area contributed by atoms with E-state index in [1.165, 1.54) is 13.8 Å². The number of nitrogens with zero attached hydrogens (tertiary/aromatic N) is 2. The second-order valence-corrected chi connectivity index (χ2v) is 6.21. The topological polar surface area (TPSA) is 149 Å². The number of imide groups is 2.